The molecule has 0 bridgehead atoms. The van der Waals surface area contributed by atoms with Crippen LogP contribution in [0.4, 0.5) is 14.5 Å². The zero-order valence-electron chi connectivity index (χ0n) is 12.7. The molecule has 0 radical (unpaired) electrons. The van der Waals surface area contributed by atoms with Crippen LogP contribution >= 0.6 is 11.6 Å². The molecule has 0 fully saturated rings. The summed E-state index contributed by atoms with van der Waals surface area (Å²) in [6.45, 7) is 1.52. The number of aromatic carboxylic acids is 1. The summed E-state index contributed by atoms with van der Waals surface area (Å²) in [5, 5.41) is 8.49. The van der Waals surface area contributed by atoms with Crippen LogP contribution in [0.25, 0.3) is 16.7 Å². The summed E-state index contributed by atoms with van der Waals surface area (Å²) in [5.41, 5.74) is 4.52. The van der Waals surface area contributed by atoms with Crippen LogP contribution < -0.4 is 11.2 Å². The van der Waals surface area contributed by atoms with Crippen molar-refractivity contribution in [1.82, 2.24) is 9.55 Å². The summed E-state index contributed by atoms with van der Waals surface area (Å²) in [4.78, 5) is 27.5. The predicted molar refractivity (Wildman–Crippen MR) is 88.4 cm³/mol. The Kier molecular flexibility index (Phi) is 3.92. The lowest BCUT2D eigenvalue weighted by Crippen LogP contribution is -2.20. The molecule has 25 heavy (non-hydrogen) atoms. The van der Waals surface area contributed by atoms with Crippen LogP contribution in [-0.4, -0.2) is 20.6 Å². The number of pyridine rings is 2. The number of hydrogen-bond acceptors (Lipinski definition) is 4. The van der Waals surface area contributed by atoms with E-state index in [2.05, 4.69) is 4.98 Å². The van der Waals surface area contributed by atoms with Gasteiger partial charge in [0.25, 0.3) is 0 Å². The van der Waals surface area contributed by atoms with E-state index in [4.69, 9.17) is 17.3 Å². The van der Waals surface area contributed by atoms with Gasteiger partial charge in [-0.05, 0) is 30.7 Å². The monoisotopic (exact) mass is 365 g/mol. The molecule has 0 aliphatic heterocycles. The molecule has 1 aromatic carbocycles. The molecule has 0 unspecified atom stereocenters. The number of aromatic nitrogens is 2. The fourth-order valence-corrected chi connectivity index (χ4v) is 2.62. The third kappa shape index (κ3) is 2.60. The molecule has 0 saturated heterocycles. The van der Waals surface area contributed by atoms with Crippen LogP contribution in [0, 0.1) is 18.6 Å². The Hall–Kier alpha value is -3.00. The maximum atomic E-state index is 13.7. The molecule has 9 heteroatoms. The Labute approximate surface area is 144 Å². The quantitative estimate of drug-likeness (QED) is 0.537. The second-order valence-electron chi connectivity index (χ2n) is 5.28. The van der Waals surface area contributed by atoms with Crippen molar-refractivity contribution in [3.63, 3.8) is 0 Å². The lowest BCUT2D eigenvalue weighted by Gasteiger charge is -2.15. The first-order valence-corrected chi connectivity index (χ1v) is 7.29. The molecule has 2 heterocycles. The smallest absolute Gasteiger partial charge is 0.341 e. The van der Waals surface area contributed by atoms with E-state index in [-0.39, 0.29) is 22.4 Å². The average molecular weight is 366 g/mol. The lowest BCUT2D eigenvalue weighted by molar-refractivity contribution is 0.0695. The zero-order chi connectivity index (χ0) is 18.5. The summed E-state index contributed by atoms with van der Waals surface area (Å²) in [6, 6.07) is 3.25. The second kappa shape index (κ2) is 5.82. The number of nitrogens with two attached hydrogens (primary N) is 1. The Bertz CT molecular complexity index is 1110. The highest BCUT2D eigenvalue weighted by molar-refractivity contribution is 6.29. The molecule has 0 amide bonds. The van der Waals surface area contributed by atoms with Crippen LogP contribution in [0.1, 0.15) is 15.9 Å². The summed E-state index contributed by atoms with van der Waals surface area (Å²) in [7, 11) is 0. The molecule has 0 aliphatic carbocycles. The van der Waals surface area contributed by atoms with Crippen molar-refractivity contribution in [3.8, 4) is 5.69 Å². The Morgan fingerprint density at radius 3 is 2.64 bits per heavy atom. The summed E-state index contributed by atoms with van der Waals surface area (Å²) < 4.78 is 28.6. The van der Waals surface area contributed by atoms with Crippen LogP contribution in [0.15, 0.2) is 29.2 Å². The summed E-state index contributed by atoms with van der Waals surface area (Å²) >= 11 is 5.70. The molecule has 128 valence electrons. The molecule has 3 rings (SSSR count). The number of halogens is 3. The minimum absolute atomic E-state index is 0.0736. The number of carbonyl (C=O) groups is 1. The predicted octanol–water partition coefficient (Wildman–Crippen LogP) is 2.91. The first-order valence-electron chi connectivity index (χ1n) is 6.92. The van der Waals surface area contributed by atoms with Gasteiger partial charge in [-0.15, -0.1) is 0 Å². The van der Waals surface area contributed by atoms with E-state index in [0.29, 0.717) is 5.56 Å². The minimum Gasteiger partial charge on any atom is -0.477 e. The van der Waals surface area contributed by atoms with E-state index in [1.54, 1.807) is 0 Å². The van der Waals surface area contributed by atoms with Gasteiger partial charge in [-0.1, -0.05) is 11.6 Å². The van der Waals surface area contributed by atoms with Crippen LogP contribution in [0.3, 0.4) is 0 Å². The SMILES string of the molecule is Cc1c(-n2cc(C(=O)O)c(=O)c3cc(F)c(Cl)nc32)ccc(F)c1N. The number of nitrogens with zero attached hydrogens (tertiary/aromatic N) is 2. The number of benzene rings is 1. The van der Waals surface area contributed by atoms with Gasteiger partial charge in [-0.2, -0.15) is 0 Å². The maximum Gasteiger partial charge on any atom is 0.341 e. The van der Waals surface area contributed by atoms with E-state index in [0.717, 1.165) is 18.3 Å². The number of rotatable bonds is 2. The summed E-state index contributed by atoms with van der Waals surface area (Å²) in [5.74, 6) is -3.11. The first-order chi connectivity index (χ1) is 11.7. The fraction of sp³-hybridized carbons (Fsp3) is 0.0625. The highest BCUT2D eigenvalue weighted by Crippen LogP contribution is 2.26. The van der Waals surface area contributed by atoms with Crippen molar-refractivity contribution in [1.29, 1.82) is 0 Å². The number of anilines is 1. The van der Waals surface area contributed by atoms with E-state index in [1.807, 2.05) is 0 Å². The Morgan fingerprint density at radius 2 is 2.00 bits per heavy atom. The van der Waals surface area contributed by atoms with Crippen LogP contribution in [0.5, 0.6) is 0 Å². The third-order valence-corrected chi connectivity index (χ3v) is 4.08. The second-order valence-corrected chi connectivity index (χ2v) is 5.64. The first kappa shape index (κ1) is 16.8. The van der Waals surface area contributed by atoms with E-state index >= 15 is 0 Å². The molecule has 0 spiro atoms. The highest BCUT2D eigenvalue weighted by Gasteiger charge is 2.20. The Morgan fingerprint density at radius 1 is 1.32 bits per heavy atom. The molecule has 0 saturated carbocycles. The molecule has 0 aliphatic rings. The number of nitrogen functional groups attached to an aromatic ring is 1. The van der Waals surface area contributed by atoms with Gasteiger partial charge in [0.1, 0.15) is 17.0 Å². The van der Waals surface area contributed by atoms with Crippen molar-refractivity contribution in [2.75, 3.05) is 5.73 Å². The van der Waals surface area contributed by atoms with Gasteiger partial charge < -0.3 is 10.8 Å². The van der Waals surface area contributed by atoms with Gasteiger partial charge >= 0.3 is 5.97 Å². The van der Waals surface area contributed by atoms with Gasteiger partial charge in [0.15, 0.2) is 11.0 Å². The molecular weight excluding hydrogens is 356 g/mol. The van der Waals surface area contributed by atoms with Crippen LogP contribution in [0.2, 0.25) is 5.15 Å². The topological polar surface area (TPSA) is 98.2 Å². The lowest BCUT2D eigenvalue weighted by atomic mass is 10.1. The third-order valence-electron chi connectivity index (χ3n) is 3.81. The Balaban J connectivity index is 2.52. The number of carboxylic acid groups (broad SMARTS) is 1. The van der Waals surface area contributed by atoms with E-state index in [1.165, 1.54) is 17.6 Å². The zero-order valence-corrected chi connectivity index (χ0v) is 13.4. The molecule has 6 nitrogen and oxygen atoms in total. The highest BCUT2D eigenvalue weighted by atomic mass is 35.5. The maximum absolute atomic E-state index is 13.7. The molecule has 3 aromatic rings. The largest absolute Gasteiger partial charge is 0.477 e. The standard InChI is InChI=1S/C16H10ClF2N3O3/c1-6-11(3-2-9(18)12(6)20)22-5-8(16(24)25)13(23)7-4-10(19)14(17)21-15(7)22/h2-5H,20H2,1H3,(H,24,25). The van der Waals surface area contributed by atoms with Crippen molar-refractivity contribution in [2.24, 2.45) is 0 Å². The van der Waals surface area contributed by atoms with Gasteiger partial charge in [-0.25, -0.2) is 18.6 Å². The summed E-state index contributed by atoms with van der Waals surface area (Å²) in [6.07, 6.45) is 1.02. The average Bonchev–Trinajstić information content (AvgIpc) is 2.55. The van der Waals surface area contributed by atoms with Gasteiger partial charge in [0.05, 0.1) is 16.8 Å². The normalized spacial score (nSPS) is 11.0. The van der Waals surface area contributed by atoms with E-state index in [9.17, 15) is 23.5 Å². The molecule has 3 N–H and O–H groups in total. The number of fused-ring (bicyclic) bond motifs is 1. The fourth-order valence-electron chi connectivity index (χ4n) is 2.48. The van der Waals surface area contributed by atoms with Gasteiger partial charge in [0, 0.05) is 6.20 Å². The van der Waals surface area contributed by atoms with E-state index < -0.39 is 33.7 Å². The van der Waals surface area contributed by atoms with Gasteiger partial charge in [-0.3, -0.25) is 9.36 Å². The van der Waals surface area contributed by atoms with Crippen LogP contribution in [-0.2, 0) is 0 Å². The molecule has 0 atom stereocenters. The van der Waals surface area contributed by atoms with Crippen molar-refractivity contribution >= 4 is 34.3 Å². The van der Waals surface area contributed by atoms with Crippen molar-refractivity contribution in [2.45, 2.75) is 6.92 Å². The minimum atomic E-state index is -1.50. The van der Waals surface area contributed by atoms with Gasteiger partial charge in [0.2, 0.25) is 5.43 Å². The molecule has 2 aromatic heterocycles. The number of carboxylic acids is 1. The van der Waals surface area contributed by atoms with Crippen molar-refractivity contribution in [3.05, 3.63) is 62.5 Å². The van der Waals surface area contributed by atoms with Crippen molar-refractivity contribution < 1.29 is 18.7 Å². The number of hydrogen-bond donors (Lipinski definition) is 2. The molecular formula is C16H10ClF2N3O3.